The van der Waals surface area contributed by atoms with Crippen LogP contribution in [0.3, 0.4) is 0 Å². The molecule has 5 aromatic rings. The molecule has 0 radical (unpaired) electrons. The minimum atomic E-state index is -1.42. The quantitative estimate of drug-likeness (QED) is 0.286. The Morgan fingerprint density at radius 2 is 2.05 bits per heavy atom. The molecule has 3 amide bonds. The molecule has 2 unspecified atom stereocenters. The summed E-state index contributed by atoms with van der Waals surface area (Å²) >= 11 is 1.26. The number of benzene rings is 1. The van der Waals surface area contributed by atoms with E-state index in [-0.39, 0.29) is 36.9 Å². The SMILES string of the molecule is NC(=O)c1nn(CC(=O)N2CC(F)CC2C(=O)Nc2c(O)nc3sccn23)c2ccc(-c3ccnnc3)cc12. The van der Waals surface area contributed by atoms with E-state index in [0.29, 0.717) is 15.9 Å². The maximum atomic E-state index is 14.5. The summed E-state index contributed by atoms with van der Waals surface area (Å²) in [6.07, 6.45) is 3.09. The van der Waals surface area contributed by atoms with Crippen molar-refractivity contribution in [3.63, 3.8) is 0 Å². The van der Waals surface area contributed by atoms with Gasteiger partial charge in [0.25, 0.3) is 11.8 Å². The van der Waals surface area contributed by atoms with Crippen LogP contribution < -0.4 is 11.1 Å². The second-order valence-electron chi connectivity index (χ2n) is 8.96. The lowest BCUT2D eigenvalue weighted by Crippen LogP contribution is -2.44. The van der Waals surface area contributed by atoms with Gasteiger partial charge in [-0.15, -0.1) is 11.3 Å². The topological polar surface area (TPSA) is 174 Å². The summed E-state index contributed by atoms with van der Waals surface area (Å²) in [6, 6.07) is 5.82. The van der Waals surface area contributed by atoms with Gasteiger partial charge in [0, 0.05) is 28.9 Å². The van der Waals surface area contributed by atoms with E-state index >= 15 is 0 Å². The first-order valence-corrected chi connectivity index (χ1v) is 12.6. The maximum absolute atomic E-state index is 14.5. The highest BCUT2D eigenvalue weighted by molar-refractivity contribution is 7.15. The van der Waals surface area contributed by atoms with Gasteiger partial charge < -0.3 is 21.1 Å². The number of carbonyl (C=O) groups excluding carboxylic acids is 3. The van der Waals surface area contributed by atoms with Crippen LogP contribution in [0, 0.1) is 0 Å². The predicted molar refractivity (Wildman–Crippen MR) is 138 cm³/mol. The third kappa shape index (κ3) is 4.31. The second kappa shape index (κ2) is 9.43. The van der Waals surface area contributed by atoms with Crippen LogP contribution in [0.5, 0.6) is 5.88 Å². The molecule has 1 aromatic carbocycles. The summed E-state index contributed by atoms with van der Waals surface area (Å²) in [5.41, 5.74) is 7.49. The Bertz CT molecular complexity index is 1750. The van der Waals surface area contributed by atoms with Crippen molar-refractivity contribution in [3.8, 4) is 17.0 Å². The molecule has 13 nitrogen and oxygen atoms in total. The Kier molecular flexibility index (Phi) is 5.91. The number of aromatic hydroxyl groups is 1. The van der Waals surface area contributed by atoms with E-state index in [1.165, 1.54) is 26.6 Å². The zero-order valence-electron chi connectivity index (χ0n) is 20.1. The van der Waals surface area contributed by atoms with Crippen LogP contribution in [0.1, 0.15) is 16.9 Å². The van der Waals surface area contributed by atoms with E-state index in [9.17, 15) is 23.9 Å². The monoisotopic (exact) mass is 549 g/mol. The normalized spacial score (nSPS) is 17.2. The van der Waals surface area contributed by atoms with Gasteiger partial charge in [-0.3, -0.25) is 23.5 Å². The van der Waals surface area contributed by atoms with Crippen molar-refractivity contribution >= 4 is 50.7 Å². The molecule has 39 heavy (non-hydrogen) atoms. The van der Waals surface area contributed by atoms with Crippen LogP contribution in [0.2, 0.25) is 0 Å². The fourth-order valence-electron chi connectivity index (χ4n) is 4.74. The number of hydrogen-bond acceptors (Lipinski definition) is 9. The van der Waals surface area contributed by atoms with E-state index in [1.54, 1.807) is 42.0 Å². The molecule has 6 rings (SSSR count). The van der Waals surface area contributed by atoms with Crippen molar-refractivity contribution in [2.45, 2.75) is 25.2 Å². The van der Waals surface area contributed by atoms with Crippen LogP contribution in [0.25, 0.3) is 27.0 Å². The van der Waals surface area contributed by atoms with E-state index in [0.717, 1.165) is 16.0 Å². The number of aromatic nitrogens is 6. The number of nitrogens with one attached hydrogen (secondary N) is 1. The van der Waals surface area contributed by atoms with Gasteiger partial charge >= 0.3 is 0 Å². The minimum Gasteiger partial charge on any atom is -0.491 e. The van der Waals surface area contributed by atoms with Crippen molar-refractivity contribution in [3.05, 3.63) is 53.9 Å². The number of halogens is 1. The van der Waals surface area contributed by atoms with Crippen molar-refractivity contribution in [1.82, 2.24) is 34.3 Å². The molecule has 1 aliphatic heterocycles. The molecule has 0 aliphatic carbocycles. The number of anilines is 1. The number of carbonyl (C=O) groups is 3. The average Bonchev–Trinajstić information content (AvgIpc) is 3.69. The molecule has 4 N–H and O–H groups in total. The number of imidazole rings is 1. The number of alkyl halides is 1. The first-order valence-electron chi connectivity index (χ1n) is 11.8. The smallest absolute Gasteiger partial charge is 0.269 e. The summed E-state index contributed by atoms with van der Waals surface area (Å²) in [4.78, 5) is 44.2. The van der Waals surface area contributed by atoms with Gasteiger partial charge in [-0.25, -0.2) is 4.39 Å². The van der Waals surface area contributed by atoms with Gasteiger partial charge in [-0.2, -0.15) is 20.3 Å². The Labute approximate surface area is 222 Å². The number of thiazole rings is 1. The van der Waals surface area contributed by atoms with Gasteiger partial charge in [0.15, 0.2) is 16.5 Å². The minimum absolute atomic E-state index is 0.0308. The Balaban J connectivity index is 1.27. The number of primary amides is 1. The standard InChI is InChI=1S/C24H20FN9O4S/c25-14-8-17(22(37)29-21-23(38)30-24-32(21)5-6-39-24)33(10-14)18(35)11-34-16-2-1-12(13-3-4-27-28-9-13)7-15(16)19(31-34)20(26)36/h1-7,9,14,17,38H,8,10-11H2,(H2,26,36)(H,29,37). The number of nitrogens with two attached hydrogens (primary N) is 1. The van der Waals surface area contributed by atoms with Crippen LogP contribution in [-0.2, 0) is 16.1 Å². The largest absolute Gasteiger partial charge is 0.491 e. The molecule has 1 saturated heterocycles. The third-order valence-corrected chi connectivity index (χ3v) is 7.30. The molecular weight excluding hydrogens is 529 g/mol. The van der Waals surface area contributed by atoms with Gasteiger partial charge in [-0.05, 0) is 23.8 Å². The summed E-state index contributed by atoms with van der Waals surface area (Å²) in [7, 11) is 0. The Hall–Kier alpha value is -4.92. The third-order valence-electron chi connectivity index (χ3n) is 6.54. The number of fused-ring (bicyclic) bond motifs is 2. The average molecular weight is 550 g/mol. The van der Waals surface area contributed by atoms with Gasteiger partial charge in [-0.1, -0.05) is 6.07 Å². The van der Waals surface area contributed by atoms with Gasteiger partial charge in [0.2, 0.25) is 11.8 Å². The molecule has 0 spiro atoms. The molecule has 5 heterocycles. The number of amides is 3. The highest BCUT2D eigenvalue weighted by Gasteiger charge is 2.40. The van der Waals surface area contributed by atoms with Gasteiger partial charge in [0.1, 0.15) is 18.8 Å². The highest BCUT2D eigenvalue weighted by atomic mass is 32.1. The number of hydrogen-bond donors (Lipinski definition) is 3. The lowest BCUT2D eigenvalue weighted by Gasteiger charge is -2.23. The van der Waals surface area contributed by atoms with E-state index in [1.807, 2.05) is 0 Å². The van der Waals surface area contributed by atoms with Crippen molar-refractivity contribution in [2.75, 3.05) is 11.9 Å². The molecule has 4 aromatic heterocycles. The molecule has 1 fully saturated rings. The number of nitrogens with zero attached hydrogens (tertiary/aromatic N) is 7. The molecule has 2 atom stereocenters. The fraction of sp³-hybridized carbons (Fsp3) is 0.208. The molecule has 0 saturated carbocycles. The fourth-order valence-corrected chi connectivity index (χ4v) is 5.45. The first kappa shape index (κ1) is 24.4. The zero-order valence-corrected chi connectivity index (χ0v) is 20.9. The van der Waals surface area contributed by atoms with Crippen molar-refractivity contribution in [1.29, 1.82) is 0 Å². The molecule has 15 heteroatoms. The second-order valence-corrected chi connectivity index (χ2v) is 9.83. The van der Waals surface area contributed by atoms with Crippen LogP contribution in [0.4, 0.5) is 10.2 Å². The molecule has 0 bridgehead atoms. The molecule has 198 valence electrons. The van der Waals surface area contributed by atoms with Crippen LogP contribution in [-0.4, -0.2) is 75.8 Å². The zero-order chi connectivity index (χ0) is 27.3. The molecule has 1 aliphatic rings. The number of rotatable bonds is 6. The van der Waals surface area contributed by atoms with Crippen LogP contribution >= 0.6 is 11.3 Å². The van der Waals surface area contributed by atoms with E-state index in [4.69, 9.17) is 5.73 Å². The van der Waals surface area contributed by atoms with Crippen LogP contribution in [0.15, 0.2) is 48.2 Å². The maximum Gasteiger partial charge on any atom is 0.269 e. The lowest BCUT2D eigenvalue weighted by atomic mass is 10.0. The summed E-state index contributed by atoms with van der Waals surface area (Å²) < 4.78 is 17.3. The first-order chi connectivity index (χ1) is 18.8. The number of likely N-dealkylation sites (tertiary alicyclic amines) is 1. The van der Waals surface area contributed by atoms with E-state index in [2.05, 4.69) is 25.6 Å². The summed E-state index contributed by atoms with van der Waals surface area (Å²) in [5.74, 6) is -2.36. The Morgan fingerprint density at radius 3 is 2.82 bits per heavy atom. The lowest BCUT2D eigenvalue weighted by molar-refractivity contribution is -0.137. The molecular formula is C24H20FN9O4S. The van der Waals surface area contributed by atoms with Crippen molar-refractivity contribution in [2.24, 2.45) is 5.73 Å². The van der Waals surface area contributed by atoms with Gasteiger partial charge in [0.05, 0.1) is 24.5 Å². The summed E-state index contributed by atoms with van der Waals surface area (Å²) in [6.45, 7) is -0.645. The van der Waals surface area contributed by atoms with E-state index < -0.39 is 29.9 Å². The van der Waals surface area contributed by atoms with Crippen molar-refractivity contribution < 1.29 is 23.9 Å². The summed E-state index contributed by atoms with van der Waals surface area (Å²) in [5, 5.41) is 26.7. The highest BCUT2D eigenvalue weighted by Crippen LogP contribution is 2.30. The Morgan fingerprint density at radius 1 is 1.21 bits per heavy atom. The predicted octanol–water partition coefficient (Wildman–Crippen LogP) is 1.58.